The van der Waals surface area contributed by atoms with Crippen LogP contribution in [-0.4, -0.2) is 0 Å². The molecule has 0 aliphatic heterocycles. The summed E-state index contributed by atoms with van der Waals surface area (Å²) < 4.78 is 0. The van der Waals surface area contributed by atoms with Crippen molar-refractivity contribution in [1.82, 2.24) is 0 Å². The van der Waals surface area contributed by atoms with E-state index in [1.165, 1.54) is 32.1 Å². The summed E-state index contributed by atoms with van der Waals surface area (Å²) in [5.41, 5.74) is 0. The van der Waals surface area contributed by atoms with E-state index in [0.717, 1.165) is 0 Å². The quantitative estimate of drug-likeness (QED) is 0.388. The molecule has 1 radical (unpaired) electrons. The van der Waals surface area contributed by atoms with Crippen LogP contribution in [0.4, 0.5) is 0 Å². The van der Waals surface area contributed by atoms with Gasteiger partial charge in [-0.3, -0.25) is 0 Å². The van der Waals surface area contributed by atoms with Gasteiger partial charge in [0.15, 0.2) is 0 Å². The number of rotatable bonds is 6. The van der Waals surface area contributed by atoms with E-state index in [0.29, 0.717) is 0 Å². The first-order valence-corrected chi connectivity index (χ1v) is 4.34. The van der Waals surface area contributed by atoms with E-state index in [2.05, 4.69) is 32.4 Å². The summed E-state index contributed by atoms with van der Waals surface area (Å²) in [6, 6.07) is 0. The molecule has 0 heteroatoms. The monoisotopic (exact) mass is 139 g/mol. The Hall–Kier alpha value is -0.260. The summed E-state index contributed by atoms with van der Waals surface area (Å²) in [5.74, 6) is 0. The number of unbranched alkanes of at least 4 members (excludes halogenated alkanes) is 5. The largest absolute Gasteiger partial charge is 0.0917 e. The lowest BCUT2D eigenvalue weighted by Crippen LogP contribution is -1.76. The minimum Gasteiger partial charge on any atom is -0.0917 e. The van der Waals surface area contributed by atoms with Crippen molar-refractivity contribution in [2.24, 2.45) is 0 Å². The average molecular weight is 139 g/mol. The standard InChI is InChI=1S/C10H19/c1-3-5-7-9-10-8-6-4-2/h3,5,10H,4,6-9H2,1-2H3/b5-3+. The van der Waals surface area contributed by atoms with E-state index >= 15 is 0 Å². The van der Waals surface area contributed by atoms with Gasteiger partial charge in [0.25, 0.3) is 0 Å². The Morgan fingerprint density at radius 1 is 1.10 bits per heavy atom. The summed E-state index contributed by atoms with van der Waals surface area (Å²) in [6.07, 6.45) is 13.2. The Morgan fingerprint density at radius 3 is 2.50 bits per heavy atom. The molecule has 0 saturated carbocycles. The third-order valence-corrected chi connectivity index (χ3v) is 1.53. The molecule has 0 aromatic carbocycles. The molecule has 0 unspecified atom stereocenters. The normalized spacial score (nSPS) is 11.0. The fourth-order valence-electron chi connectivity index (χ4n) is 0.874. The first-order chi connectivity index (χ1) is 4.91. The van der Waals surface area contributed by atoms with E-state index < -0.39 is 0 Å². The first kappa shape index (κ1) is 9.74. The smallest absolute Gasteiger partial charge is 0.0348 e. The van der Waals surface area contributed by atoms with E-state index in [4.69, 9.17) is 0 Å². The van der Waals surface area contributed by atoms with Gasteiger partial charge in [-0.25, -0.2) is 0 Å². The Balaban J connectivity index is 2.77. The molecule has 0 fully saturated rings. The third kappa shape index (κ3) is 7.74. The van der Waals surface area contributed by atoms with Crippen LogP contribution in [0.5, 0.6) is 0 Å². The molecule has 0 rings (SSSR count). The molecule has 0 spiro atoms. The molecule has 10 heavy (non-hydrogen) atoms. The highest BCUT2D eigenvalue weighted by molar-refractivity contribution is 4.79. The van der Waals surface area contributed by atoms with Crippen LogP contribution in [0.3, 0.4) is 0 Å². The van der Waals surface area contributed by atoms with E-state index in [1.54, 1.807) is 0 Å². The Bertz CT molecular complexity index is 72.1. The number of allylic oxidation sites excluding steroid dienone is 2. The van der Waals surface area contributed by atoms with Gasteiger partial charge >= 0.3 is 0 Å². The summed E-state index contributed by atoms with van der Waals surface area (Å²) in [6.45, 7) is 4.31. The lowest BCUT2D eigenvalue weighted by atomic mass is 10.1. The SMILES string of the molecule is C/C=C/CC[CH]CCCC. The van der Waals surface area contributed by atoms with Crippen molar-refractivity contribution in [3.63, 3.8) is 0 Å². The van der Waals surface area contributed by atoms with Crippen molar-refractivity contribution < 1.29 is 0 Å². The summed E-state index contributed by atoms with van der Waals surface area (Å²) in [5, 5.41) is 0. The van der Waals surface area contributed by atoms with Gasteiger partial charge < -0.3 is 0 Å². The van der Waals surface area contributed by atoms with Gasteiger partial charge in [-0.15, -0.1) is 0 Å². The molecule has 0 amide bonds. The lowest BCUT2D eigenvalue weighted by molar-refractivity contribution is 0.748. The van der Waals surface area contributed by atoms with Crippen molar-refractivity contribution in [3.05, 3.63) is 18.6 Å². The predicted molar refractivity (Wildman–Crippen MR) is 47.9 cm³/mol. The van der Waals surface area contributed by atoms with Crippen LogP contribution in [-0.2, 0) is 0 Å². The minimum absolute atomic E-state index is 1.22. The zero-order valence-electron chi connectivity index (χ0n) is 7.27. The molecule has 0 aromatic heterocycles. The van der Waals surface area contributed by atoms with Gasteiger partial charge in [0.1, 0.15) is 0 Å². The van der Waals surface area contributed by atoms with Gasteiger partial charge in [0, 0.05) is 0 Å². The molecule has 0 aliphatic rings. The zero-order valence-corrected chi connectivity index (χ0v) is 7.27. The van der Waals surface area contributed by atoms with Crippen LogP contribution in [0.2, 0.25) is 0 Å². The van der Waals surface area contributed by atoms with Crippen LogP contribution < -0.4 is 0 Å². The molecule has 0 aliphatic carbocycles. The van der Waals surface area contributed by atoms with Crippen LogP contribution >= 0.6 is 0 Å². The van der Waals surface area contributed by atoms with Crippen LogP contribution in [0.1, 0.15) is 46.0 Å². The molecule has 0 saturated heterocycles. The fraction of sp³-hybridized carbons (Fsp3) is 0.700. The van der Waals surface area contributed by atoms with Gasteiger partial charge in [-0.2, -0.15) is 0 Å². The molecule has 0 nitrogen and oxygen atoms in total. The van der Waals surface area contributed by atoms with E-state index in [-0.39, 0.29) is 0 Å². The molecule has 0 N–H and O–H groups in total. The van der Waals surface area contributed by atoms with E-state index in [9.17, 15) is 0 Å². The Labute approximate surface area is 65.3 Å². The molecule has 0 heterocycles. The minimum atomic E-state index is 1.22. The number of hydrogen-bond donors (Lipinski definition) is 0. The van der Waals surface area contributed by atoms with Crippen molar-refractivity contribution in [3.8, 4) is 0 Å². The highest BCUT2D eigenvalue weighted by atomic mass is 13.9. The second-order valence-corrected chi connectivity index (χ2v) is 2.58. The summed E-state index contributed by atoms with van der Waals surface area (Å²) in [7, 11) is 0. The molecule has 0 atom stereocenters. The fourth-order valence-corrected chi connectivity index (χ4v) is 0.874. The van der Waals surface area contributed by atoms with Gasteiger partial charge in [0.2, 0.25) is 0 Å². The summed E-state index contributed by atoms with van der Waals surface area (Å²) >= 11 is 0. The van der Waals surface area contributed by atoms with Crippen molar-refractivity contribution in [2.45, 2.75) is 46.0 Å². The van der Waals surface area contributed by atoms with Crippen molar-refractivity contribution >= 4 is 0 Å². The molecular weight excluding hydrogens is 120 g/mol. The van der Waals surface area contributed by atoms with Gasteiger partial charge in [0.05, 0.1) is 0 Å². The van der Waals surface area contributed by atoms with Crippen molar-refractivity contribution in [2.75, 3.05) is 0 Å². The van der Waals surface area contributed by atoms with Crippen LogP contribution in [0.25, 0.3) is 0 Å². The average Bonchev–Trinajstić information content (AvgIpc) is 1.97. The van der Waals surface area contributed by atoms with Gasteiger partial charge in [-0.05, 0) is 26.2 Å². The zero-order chi connectivity index (χ0) is 7.66. The molecular formula is C10H19. The van der Waals surface area contributed by atoms with Crippen LogP contribution in [0, 0.1) is 6.42 Å². The highest BCUT2D eigenvalue weighted by Gasteiger charge is 1.85. The topological polar surface area (TPSA) is 0 Å². The van der Waals surface area contributed by atoms with Gasteiger partial charge in [-0.1, -0.05) is 38.3 Å². The Kier molecular flexibility index (Phi) is 8.51. The highest BCUT2D eigenvalue weighted by Crippen LogP contribution is 2.03. The first-order valence-electron chi connectivity index (χ1n) is 4.34. The maximum atomic E-state index is 2.39. The van der Waals surface area contributed by atoms with Crippen molar-refractivity contribution in [1.29, 1.82) is 0 Å². The molecule has 59 valence electrons. The summed E-state index contributed by atoms with van der Waals surface area (Å²) in [4.78, 5) is 0. The van der Waals surface area contributed by atoms with E-state index in [1.807, 2.05) is 0 Å². The predicted octanol–water partition coefficient (Wildman–Crippen LogP) is 3.74. The maximum absolute atomic E-state index is 2.39. The lowest BCUT2D eigenvalue weighted by Gasteiger charge is -1.94. The maximum Gasteiger partial charge on any atom is -0.0348 e. The Morgan fingerprint density at radius 2 is 1.90 bits per heavy atom. The second kappa shape index (κ2) is 8.74. The second-order valence-electron chi connectivity index (χ2n) is 2.58. The molecule has 0 bridgehead atoms. The third-order valence-electron chi connectivity index (χ3n) is 1.53. The number of hydrogen-bond acceptors (Lipinski definition) is 0. The molecule has 0 aromatic rings. The van der Waals surface area contributed by atoms with Crippen LogP contribution in [0.15, 0.2) is 12.2 Å².